The standard InChI is InChI=1S/C15H12BrN3O/c1-19-13-5-3-2-4-12(13)17-15(19)18-14(20)10-6-8-11(16)9-7-10/h2-9H,1H3,(H,17,18,20). The van der Waals surface area contributed by atoms with E-state index in [2.05, 4.69) is 26.2 Å². The number of aryl methyl sites for hydroxylation is 1. The highest BCUT2D eigenvalue weighted by molar-refractivity contribution is 9.10. The number of nitrogens with zero attached hydrogens (tertiary/aromatic N) is 2. The molecule has 0 spiro atoms. The van der Waals surface area contributed by atoms with Crippen LogP contribution in [0.4, 0.5) is 5.95 Å². The van der Waals surface area contributed by atoms with Gasteiger partial charge in [0.25, 0.3) is 5.91 Å². The molecule has 0 aliphatic carbocycles. The van der Waals surface area contributed by atoms with E-state index in [0.29, 0.717) is 11.5 Å². The maximum Gasteiger partial charge on any atom is 0.257 e. The summed E-state index contributed by atoms with van der Waals surface area (Å²) in [7, 11) is 1.88. The Hall–Kier alpha value is -2.14. The van der Waals surface area contributed by atoms with Gasteiger partial charge in [-0.2, -0.15) is 0 Å². The van der Waals surface area contributed by atoms with Crippen LogP contribution in [0.25, 0.3) is 11.0 Å². The lowest BCUT2D eigenvalue weighted by atomic mass is 10.2. The third-order valence-electron chi connectivity index (χ3n) is 3.12. The van der Waals surface area contributed by atoms with Crippen LogP contribution < -0.4 is 5.32 Å². The fourth-order valence-corrected chi connectivity index (χ4v) is 2.30. The van der Waals surface area contributed by atoms with Gasteiger partial charge in [-0.25, -0.2) is 4.98 Å². The van der Waals surface area contributed by atoms with Gasteiger partial charge in [-0.1, -0.05) is 28.1 Å². The van der Waals surface area contributed by atoms with Gasteiger partial charge in [-0.05, 0) is 36.4 Å². The number of aromatic nitrogens is 2. The Labute approximate surface area is 124 Å². The number of hydrogen-bond acceptors (Lipinski definition) is 2. The first-order valence-electron chi connectivity index (χ1n) is 6.13. The van der Waals surface area contributed by atoms with Crippen LogP contribution in [0.2, 0.25) is 0 Å². The summed E-state index contributed by atoms with van der Waals surface area (Å²) in [6, 6.07) is 15.0. The monoisotopic (exact) mass is 329 g/mol. The Balaban J connectivity index is 1.91. The summed E-state index contributed by atoms with van der Waals surface area (Å²) >= 11 is 3.35. The number of benzene rings is 2. The van der Waals surface area contributed by atoms with E-state index in [9.17, 15) is 4.79 Å². The molecule has 0 aliphatic heterocycles. The maximum atomic E-state index is 12.2. The van der Waals surface area contributed by atoms with Crippen molar-refractivity contribution >= 4 is 38.8 Å². The molecular formula is C15H12BrN3O. The van der Waals surface area contributed by atoms with E-state index in [1.54, 1.807) is 12.1 Å². The van der Waals surface area contributed by atoms with Crippen LogP contribution in [0.1, 0.15) is 10.4 Å². The fraction of sp³-hybridized carbons (Fsp3) is 0.0667. The van der Waals surface area contributed by atoms with Crippen LogP contribution >= 0.6 is 15.9 Å². The van der Waals surface area contributed by atoms with Gasteiger partial charge in [0.1, 0.15) is 0 Å². The first-order valence-corrected chi connectivity index (χ1v) is 6.93. The summed E-state index contributed by atoms with van der Waals surface area (Å²) in [6.07, 6.45) is 0. The summed E-state index contributed by atoms with van der Waals surface area (Å²) in [5.74, 6) is 0.370. The first kappa shape index (κ1) is 12.9. The predicted octanol–water partition coefficient (Wildman–Crippen LogP) is 3.59. The second kappa shape index (κ2) is 5.09. The Morgan fingerprint density at radius 2 is 1.85 bits per heavy atom. The minimum absolute atomic E-state index is 0.170. The van der Waals surface area contributed by atoms with Gasteiger partial charge < -0.3 is 4.57 Å². The van der Waals surface area contributed by atoms with Crippen molar-refractivity contribution in [3.8, 4) is 0 Å². The van der Waals surface area contributed by atoms with Crippen LogP contribution in [0.3, 0.4) is 0 Å². The van der Waals surface area contributed by atoms with Gasteiger partial charge in [0.05, 0.1) is 11.0 Å². The third-order valence-corrected chi connectivity index (χ3v) is 3.65. The van der Waals surface area contributed by atoms with Crippen molar-refractivity contribution in [3.63, 3.8) is 0 Å². The second-order valence-corrected chi connectivity index (χ2v) is 5.36. The van der Waals surface area contributed by atoms with Crippen molar-refractivity contribution in [2.75, 3.05) is 5.32 Å². The fourth-order valence-electron chi connectivity index (χ4n) is 2.03. The average Bonchev–Trinajstić information content (AvgIpc) is 2.77. The van der Waals surface area contributed by atoms with Crippen molar-refractivity contribution < 1.29 is 4.79 Å². The van der Waals surface area contributed by atoms with E-state index in [0.717, 1.165) is 15.5 Å². The number of imidazole rings is 1. The molecular weight excluding hydrogens is 318 g/mol. The molecule has 1 aromatic heterocycles. The van der Waals surface area contributed by atoms with Crippen molar-refractivity contribution in [3.05, 3.63) is 58.6 Å². The van der Waals surface area contributed by atoms with E-state index in [1.165, 1.54) is 0 Å². The molecule has 0 saturated carbocycles. The second-order valence-electron chi connectivity index (χ2n) is 4.44. The van der Waals surface area contributed by atoms with Gasteiger partial charge >= 0.3 is 0 Å². The zero-order chi connectivity index (χ0) is 14.1. The Bertz CT molecular complexity index is 777. The van der Waals surface area contributed by atoms with Crippen LogP contribution in [0, 0.1) is 0 Å². The maximum absolute atomic E-state index is 12.2. The van der Waals surface area contributed by atoms with Crippen LogP contribution in [-0.2, 0) is 7.05 Å². The lowest BCUT2D eigenvalue weighted by Crippen LogP contribution is -2.14. The number of halogens is 1. The largest absolute Gasteiger partial charge is 0.313 e. The van der Waals surface area contributed by atoms with Gasteiger partial charge in [-0.15, -0.1) is 0 Å². The molecule has 100 valence electrons. The molecule has 1 N–H and O–H groups in total. The molecule has 3 aromatic rings. The number of hydrogen-bond donors (Lipinski definition) is 1. The predicted molar refractivity (Wildman–Crippen MR) is 82.8 cm³/mol. The molecule has 0 aliphatic rings. The minimum atomic E-state index is -0.170. The Morgan fingerprint density at radius 3 is 2.55 bits per heavy atom. The quantitative estimate of drug-likeness (QED) is 0.781. The van der Waals surface area contributed by atoms with E-state index < -0.39 is 0 Å². The SMILES string of the molecule is Cn1c(NC(=O)c2ccc(Br)cc2)nc2ccccc21. The molecule has 0 fully saturated rings. The minimum Gasteiger partial charge on any atom is -0.313 e. The number of fused-ring (bicyclic) bond motifs is 1. The van der Waals surface area contributed by atoms with Crippen LogP contribution in [0.15, 0.2) is 53.0 Å². The van der Waals surface area contributed by atoms with Crippen molar-refractivity contribution in [2.24, 2.45) is 7.05 Å². The first-order chi connectivity index (χ1) is 9.65. The van der Waals surface area contributed by atoms with Gasteiger partial charge in [-0.3, -0.25) is 10.1 Å². The highest BCUT2D eigenvalue weighted by Crippen LogP contribution is 2.18. The Morgan fingerprint density at radius 1 is 1.15 bits per heavy atom. The van der Waals surface area contributed by atoms with Gasteiger partial charge in [0.15, 0.2) is 0 Å². The number of carbonyl (C=O) groups excluding carboxylic acids is 1. The van der Waals surface area contributed by atoms with E-state index in [4.69, 9.17) is 0 Å². The number of amides is 1. The number of nitrogens with one attached hydrogen (secondary N) is 1. The van der Waals surface area contributed by atoms with Gasteiger partial charge in [0, 0.05) is 17.1 Å². The van der Waals surface area contributed by atoms with Crippen molar-refractivity contribution in [1.82, 2.24) is 9.55 Å². The zero-order valence-electron chi connectivity index (χ0n) is 10.8. The number of anilines is 1. The molecule has 0 radical (unpaired) electrons. The summed E-state index contributed by atoms with van der Waals surface area (Å²) < 4.78 is 2.81. The third kappa shape index (κ3) is 2.32. The van der Waals surface area contributed by atoms with Crippen molar-refractivity contribution in [2.45, 2.75) is 0 Å². The molecule has 0 unspecified atom stereocenters. The summed E-state index contributed by atoms with van der Waals surface area (Å²) in [4.78, 5) is 16.6. The lowest BCUT2D eigenvalue weighted by Gasteiger charge is -2.05. The van der Waals surface area contributed by atoms with Gasteiger partial charge in [0.2, 0.25) is 5.95 Å². The van der Waals surface area contributed by atoms with Crippen LogP contribution in [-0.4, -0.2) is 15.5 Å². The number of rotatable bonds is 2. The molecule has 4 nitrogen and oxygen atoms in total. The highest BCUT2D eigenvalue weighted by atomic mass is 79.9. The molecule has 20 heavy (non-hydrogen) atoms. The van der Waals surface area contributed by atoms with Crippen molar-refractivity contribution in [1.29, 1.82) is 0 Å². The molecule has 3 rings (SSSR count). The molecule has 5 heteroatoms. The molecule has 0 bridgehead atoms. The smallest absolute Gasteiger partial charge is 0.257 e. The lowest BCUT2D eigenvalue weighted by molar-refractivity contribution is 0.102. The topological polar surface area (TPSA) is 46.9 Å². The summed E-state index contributed by atoms with van der Waals surface area (Å²) in [5, 5.41) is 2.83. The molecule has 2 aromatic carbocycles. The zero-order valence-corrected chi connectivity index (χ0v) is 12.4. The summed E-state index contributed by atoms with van der Waals surface area (Å²) in [5.41, 5.74) is 2.44. The number of carbonyl (C=O) groups is 1. The van der Waals surface area contributed by atoms with E-state index in [1.807, 2.05) is 48.0 Å². The highest BCUT2D eigenvalue weighted by Gasteiger charge is 2.11. The molecule has 1 amide bonds. The molecule has 0 saturated heterocycles. The molecule has 0 atom stereocenters. The number of para-hydroxylation sites is 2. The normalized spacial score (nSPS) is 10.7. The summed E-state index contributed by atoms with van der Waals surface area (Å²) in [6.45, 7) is 0. The van der Waals surface area contributed by atoms with E-state index >= 15 is 0 Å². The molecule has 1 heterocycles. The van der Waals surface area contributed by atoms with E-state index in [-0.39, 0.29) is 5.91 Å². The average molecular weight is 330 g/mol. The Kier molecular flexibility index (Phi) is 3.28. The van der Waals surface area contributed by atoms with Crippen LogP contribution in [0.5, 0.6) is 0 Å².